The van der Waals surface area contributed by atoms with Gasteiger partial charge in [-0.2, -0.15) is 0 Å². The van der Waals surface area contributed by atoms with Crippen molar-refractivity contribution in [1.82, 2.24) is 10.3 Å². The third-order valence-electron chi connectivity index (χ3n) is 3.84. The van der Waals surface area contributed by atoms with Gasteiger partial charge in [0, 0.05) is 12.1 Å². The minimum Gasteiger partial charge on any atom is -0.497 e. The van der Waals surface area contributed by atoms with Crippen LogP contribution in [0.2, 0.25) is 0 Å². The second-order valence-corrected chi connectivity index (χ2v) is 5.26. The van der Waals surface area contributed by atoms with E-state index in [9.17, 15) is 4.79 Å². The molecular formula is C17H18N2O2. The molecule has 1 aliphatic rings. The van der Waals surface area contributed by atoms with Gasteiger partial charge in [-0.15, -0.1) is 0 Å². The van der Waals surface area contributed by atoms with Gasteiger partial charge in [-0.05, 0) is 42.2 Å². The third-order valence-corrected chi connectivity index (χ3v) is 3.84. The summed E-state index contributed by atoms with van der Waals surface area (Å²) in [7, 11) is 1.65. The number of benzene rings is 1. The van der Waals surface area contributed by atoms with Gasteiger partial charge < -0.3 is 10.1 Å². The molecule has 0 aliphatic heterocycles. The van der Waals surface area contributed by atoms with Crippen molar-refractivity contribution in [2.75, 3.05) is 7.11 Å². The van der Waals surface area contributed by atoms with Gasteiger partial charge in [0.05, 0.1) is 19.3 Å². The van der Waals surface area contributed by atoms with Crippen LogP contribution in [-0.2, 0) is 11.3 Å². The zero-order chi connectivity index (χ0) is 14.7. The van der Waals surface area contributed by atoms with E-state index >= 15 is 0 Å². The summed E-state index contributed by atoms with van der Waals surface area (Å²) < 4.78 is 5.14. The van der Waals surface area contributed by atoms with Gasteiger partial charge in [0.25, 0.3) is 0 Å². The molecule has 2 aromatic rings. The monoisotopic (exact) mass is 282 g/mol. The molecule has 4 heteroatoms. The minimum absolute atomic E-state index is 0.0853. The first kappa shape index (κ1) is 13.6. The van der Waals surface area contributed by atoms with Crippen LogP contribution in [0, 0.1) is 5.92 Å². The predicted molar refractivity (Wildman–Crippen MR) is 79.9 cm³/mol. The Balaban J connectivity index is 1.53. The Morgan fingerprint density at radius 2 is 2.10 bits per heavy atom. The lowest BCUT2D eigenvalue weighted by Crippen LogP contribution is -2.25. The molecule has 0 spiro atoms. The number of hydrogen-bond acceptors (Lipinski definition) is 3. The van der Waals surface area contributed by atoms with Crippen molar-refractivity contribution in [2.24, 2.45) is 5.92 Å². The smallest absolute Gasteiger partial charge is 0.224 e. The molecule has 4 nitrogen and oxygen atoms in total. The molecule has 108 valence electrons. The number of methoxy groups -OCH3 is 1. The first-order chi connectivity index (χ1) is 10.3. The predicted octanol–water partition coefficient (Wildman–Crippen LogP) is 2.51. The van der Waals surface area contributed by atoms with E-state index < -0.39 is 0 Å². The molecule has 1 amide bonds. The maximum Gasteiger partial charge on any atom is 0.224 e. The van der Waals surface area contributed by atoms with E-state index in [1.165, 1.54) is 5.56 Å². The van der Waals surface area contributed by atoms with Crippen molar-refractivity contribution < 1.29 is 9.53 Å². The van der Waals surface area contributed by atoms with Crippen molar-refractivity contribution >= 4 is 5.91 Å². The minimum atomic E-state index is 0.0853. The first-order valence-corrected chi connectivity index (χ1v) is 7.09. The maximum absolute atomic E-state index is 12.1. The summed E-state index contributed by atoms with van der Waals surface area (Å²) in [5.41, 5.74) is 2.08. The second kappa shape index (κ2) is 5.95. The number of aromatic nitrogens is 1. The average molecular weight is 282 g/mol. The van der Waals surface area contributed by atoms with Gasteiger partial charge in [-0.25, -0.2) is 0 Å². The van der Waals surface area contributed by atoms with Crippen LogP contribution in [0.1, 0.15) is 23.6 Å². The normalized spacial score (nSPS) is 19.9. The number of hydrogen-bond donors (Lipinski definition) is 1. The Morgan fingerprint density at radius 1 is 1.29 bits per heavy atom. The topological polar surface area (TPSA) is 51.2 Å². The van der Waals surface area contributed by atoms with Gasteiger partial charge in [0.1, 0.15) is 5.75 Å². The number of ether oxygens (including phenoxy) is 1. The maximum atomic E-state index is 12.1. The lowest BCUT2D eigenvalue weighted by atomic mass is 10.1. The van der Waals surface area contributed by atoms with Crippen LogP contribution in [0.5, 0.6) is 5.75 Å². The van der Waals surface area contributed by atoms with Crippen LogP contribution in [-0.4, -0.2) is 18.0 Å². The molecule has 1 heterocycles. The average Bonchev–Trinajstić information content (AvgIpc) is 3.34. The zero-order valence-corrected chi connectivity index (χ0v) is 12.0. The van der Waals surface area contributed by atoms with Crippen LogP contribution in [0.15, 0.2) is 48.7 Å². The molecule has 1 aliphatic carbocycles. The fourth-order valence-corrected chi connectivity index (χ4v) is 2.52. The number of amides is 1. The number of carbonyl (C=O) groups excluding carboxylic acids is 1. The van der Waals surface area contributed by atoms with E-state index in [2.05, 4.69) is 10.3 Å². The number of carbonyl (C=O) groups is 1. The molecule has 1 aromatic heterocycles. The molecule has 0 radical (unpaired) electrons. The Morgan fingerprint density at radius 3 is 2.76 bits per heavy atom. The van der Waals surface area contributed by atoms with Crippen molar-refractivity contribution in [2.45, 2.75) is 18.9 Å². The van der Waals surface area contributed by atoms with Crippen LogP contribution < -0.4 is 10.1 Å². The molecular weight excluding hydrogens is 264 g/mol. The summed E-state index contributed by atoms with van der Waals surface area (Å²) in [6, 6.07) is 13.7. The van der Waals surface area contributed by atoms with E-state index in [4.69, 9.17) is 4.74 Å². The van der Waals surface area contributed by atoms with Gasteiger partial charge in [-0.3, -0.25) is 9.78 Å². The van der Waals surface area contributed by atoms with E-state index in [0.717, 1.165) is 17.9 Å². The number of pyridine rings is 1. The van der Waals surface area contributed by atoms with Crippen LogP contribution in [0.4, 0.5) is 0 Å². The van der Waals surface area contributed by atoms with E-state index in [1.807, 2.05) is 42.5 Å². The molecule has 1 fully saturated rings. The summed E-state index contributed by atoms with van der Waals surface area (Å²) >= 11 is 0. The summed E-state index contributed by atoms with van der Waals surface area (Å²) in [6.07, 6.45) is 2.65. The molecule has 1 saturated carbocycles. The first-order valence-electron chi connectivity index (χ1n) is 7.09. The van der Waals surface area contributed by atoms with Crippen molar-refractivity contribution in [3.8, 4) is 5.75 Å². The lowest BCUT2D eigenvalue weighted by molar-refractivity contribution is -0.122. The molecule has 1 N–H and O–H groups in total. The summed E-state index contributed by atoms with van der Waals surface area (Å²) in [5, 5.41) is 2.96. The summed E-state index contributed by atoms with van der Waals surface area (Å²) in [4.78, 5) is 16.3. The quantitative estimate of drug-likeness (QED) is 0.916. The van der Waals surface area contributed by atoms with Crippen molar-refractivity contribution in [3.63, 3.8) is 0 Å². The van der Waals surface area contributed by atoms with Crippen LogP contribution >= 0.6 is 0 Å². The lowest BCUT2D eigenvalue weighted by Gasteiger charge is -2.05. The highest BCUT2D eigenvalue weighted by molar-refractivity contribution is 5.82. The van der Waals surface area contributed by atoms with Crippen molar-refractivity contribution in [3.05, 3.63) is 59.9 Å². The highest BCUT2D eigenvalue weighted by atomic mass is 16.5. The molecule has 3 rings (SSSR count). The highest BCUT2D eigenvalue weighted by Gasteiger charge is 2.43. The molecule has 0 saturated heterocycles. The Labute approximate surface area is 124 Å². The number of rotatable bonds is 5. The Bertz CT molecular complexity index is 610. The Kier molecular flexibility index (Phi) is 3.86. The van der Waals surface area contributed by atoms with Gasteiger partial charge in [0.2, 0.25) is 5.91 Å². The summed E-state index contributed by atoms with van der Waals surface area (Å²) in [6.45, 7) is 0.492. The van der Waals surface area contributed by atoms with E-state index in [1.54, 1.807) is 13.3 Å². The number of nitrogens with zero attached hydrogens (tertiary/aromatic N) is 1. The Hall–Kier alpha value is -2.36. The standard InChI is InChI=1S/C17H18N2O2/c1-21-14-7-5-12(6-8-14)15-10-16(15)17(20)19-11-13-4-2-3-9-18-13/h2-9,15-16H,10-11H2,1H3,(H,19,20). The molecule has 21 heavy (non-hydrogen) atoms. The van der Waals surface area contributed by atoms with Crippen LogP contribution in [0.25, 0.3) is 0 Å². The van der Waals surface area contributed by atoms with Crippen LogP contribution in [0.3, 0.4) is 0 Å². The third kappa shape index (κ3) is 3.21. The zero-order valence-electron chi connectivity index (χ0n) is 12.0. The second-order valence-electron chi connectivity index (χ2n) is 5.26. The van der Waals surface area contributed by atoms with Gasteiger partial charge in [0.15, 0.2) is 0 Å². The molecule has 1 aromatic carbocycles. The van der Waals surface area contributed by atoms with Gasteiger partial charge in [-0.1, -0.05) is 18.2 Å². The summed E-state index contributed by atoms with van der Waals surface area (Å²) in [5.74, 6) is 1.37. The fraction of sp³-hybridized carbons (Fsp3) is 0.294. The molecule has 2 atom stereocenters. The van der Waals surface area contributed by atoms with Gasteiger partial charge >= 0.3 is 0 Å². The fourth-order valence-electron chi connectivity index (χ4n) is 2.52. The number of nitrogens with one attached hydrogen (secondary N) is 1. The SMILES string of the molecule is COc1ccc(C2CC2C(=O)NCc2ccccn2)cc1. The van der Waals surface area contributed by atoms with E-state index in [-0.39, 0.29) is 11.8 Å². The molecule has 2 unspecified atom stereocenters. The highest BCUT2D eigenvalue weighted by Crippen LogP contribution is 2.47. The van der Waals surface area contributed by atoms with Crippen molar-refractivity contribution in [1.29, 1.82) is 0 Å². The molecule has 0 bridgehead atoms. The van der Waals surface area contributed by atoms with E-state index in [0.29, 0.717) is 12.5 Å². The largest absolute Gasteiger partial charge is 0.497 e.